The van der Waals surface area contributed by atoms with Crippen LogP contribution in [0.4, 0.5) is 4.79 Å². The van der Waals surface area contributed by atoms with Gasteiger partial charge < -0.3 is 15.7 Å². The number of aliphatic hydroxyl groups excluding tert-OH is 1. The highest BCUT2D eigenvalue weighted by molar-refractivity contribution is 5.74. The minimum absolute atomic E-state index is 0.0956. The van der Waals surface area contributed by atoms with Crippen molar-refractivity contribution in [3.8, 4) is 0 Å². The number of nitrogens with zero attached hydrogens (tertiary/aromatic N) is 2. The molecule has 2 amide bonds. The molecular weight excluding hydrogens is 292 g/mol. The molecule has 124 valence electrons. The van der Waals surface area contributed by atoms with Crippen LogP contribution >= 0.6 is 0 Å². The van der Waals surface area contributed by atoms with Gasteiger partial charge in [0, 0.05) is 26.4 Å². The van der Waals surface area contributed by atoms with Crippen LogP contribution in [0.2, 0.25) is 0 Å². The fourth-order valence-corrected chi connectivity index (χ4v) is 2.43. The average molecular weight is 316 g/mol. The maximum atomic E-state index is 12.1. The summed E-state index contributed by atoms with van der Waals surface area (Å²) in [6, 6.07) is 9.52. The topological polar surface area (TPSA) is 79.2 Å². The van der Waals surface area contributed by atoms with Crippen molar-refractivity contribution in [2.75, 3.05) is 13.2 Å². The van der Waals surface area contributed by atoms with Gasteiger partial charge >= 0.3 is 6.03 Å². The van der Waals surface area contributed by atoms with Crippen LogP contribution in [0.5, 0.6) is 0 Å². The third-order valence-electron chi connectivity index (χ3n) is 3.62. The molecule has 1 unspecified atom stereocenters. The lowest BCUT2D eigenvalue weighted by atomic mass is 10.0. The molecule has 3 N–H and O–H groups in total. The Morgan fingerprint density at radius 3 is 2.78 bits per heavy atom. The highest BCUT2D eigenvalue weighted by atomic mass is 16.3. The number of aryl methyl sites for hydroxylation is 1. The number of hydrogen-bond donors (Lipinski definition) is 3. The van der Waals surface area contributed by atoms with Crippen molar-refractivity contribution in [2.24, 2.45) is 7.05 Å². The van der Waals surface area contributed by atoms with Gasteiger partial charge in [0.2, 0.25) is 0 Å². The summed E-state index contributed by atoms with van der Waals surface area (Å²) >= 11 is 0. The number of amides is 2. The number of aromatic nitrogens is 2. The summed E-state index contributed by atoms with van der Waals surface area (Å²) in [5, 5.41) is 19.0. The van der Waals surface area contributed by atoms with E-state index in [2.05, 4.69) is 15.7 Å². The highest BCUT2D eigenvalue weighted by Crippen LogP contribution is 2.17. The number of carbonyl (C=O) groups excluding carboxylic acids is 1. The molecule has 0 spiro atoms. The first-order valence-corrected chi connectivity index (χ1v) is 7.86. The molecule has 2 rings (SSSR count). The van der Waals surface area contributed by atoms with Crippen molar-refractivity contribution in [1.29, 1.82) is 0 Å². The first kappa shape index (κ1) is 17.0. The molecule has 0 saturated heterocycles. The van der Waals surface area contributed by atoms with Crippen LogP contribution < -0.4 is 10.6 Å². The Bertz CT molecular complexity index is 598. The van der Waals surface area contributed by atoms with Crippen molar-refractivity contribution in [3.63, 3.8) is 0 Å². The van der Waals surface area contributed by atoms with Crippen molar-refractivity contribution in [3.05, 3.63) is 53.9 Å². The first-order chi connectivity index (χ1) is 11.2. The molecule has 0 radical (unpaired) electrons. The summed E-state index contributed by atoms with van der Waals surface area (Å²) in [5.74, 6) is 0. The summed E-state index contributed by atoms with van der Waals surface area (Å²) in [6.07, 6.45) is 5.83. The molecule has 6 heteroatoms. The monoisotopic (exact) mass is 316 g/mol. The lowest BCUT2D eigenvalue weighted by Crippen LogP contribution is -2.39. The summed E-state index contributed by atoms with van der Waals surface area (Å²) in [6.45, 7) is 0.673. The van der Waals surface area contributed by atoms with Gasteiger partial charge in [-0.15, -0.1) is 0 Å². The van der Waals surface area contributed by atoms with Gasteiger partial charge in [-0.2, -0.15) is 5.10 Å². The van der Waals surface area contributed by atoms with E-state index in [9.17, 15) is 4.79 Å². The van der Waals surface area contributed by atoms with E-state index in [1.165, 1.54) is 0 Å². The largest absolute Gasteiger partial charge is 0.396 e. The Labute approximate surface area is 136 Å². The second kappa shape index (κ2) is 8.95. The third kappa shape index (κ3) is 5.75. The fourth-order valence-electron chi connectivity index (χ4n) is 2.43. The van der Waals surface area contributed by atoms with Crippen LogP contribution in [0.15, 0.2) is 42.7 Å². The third-order valence-corrected chi connectivity index (χ3v) is 3.62. The van der Waals surface area contributed by atoms with Gasteiger partial charge in [0.05, 0.1) is 12.2 Å². The lowest BCUT2D eigenvalue weighted by Gasteiger charge is -2.19. The second-order valence-corrected chi connectivity index (χ2v) is 5.50. The van der Waals surface area contributed by atoms with Crippen molar-refractivity contribution >= 4 is 6.03 Å². The Hall–Kier alpha value is -2.34. The fraction of sp³-hybridized carbons (Fsp3) is 0.412. The number of aliphatic hydroxyl groups is 1. The van der Waals surface area contributed by atoms with Gasteiger partial charge in [-0.1, -0.05) is 30.3 Å². The van der Waals surface area contributed by atoms with Gasteiger partial charge in [-0.05, 0) is 30.4 Å². The maximum absolute atomic E-state index is 12.1. The van der Waals surface area contributed by atoms with E-state index in [1.54, 1.807) is 10.9 Å². The molecule has 2 aromatic rings. The highest BCUT2D eigenvalue weighted by Gasteiger charge is 2.13. The van der Waals surface area contributed by atoms with Crippen molar-refractivity contribution in [2.45, 2.75) is 25.3 Å². The predicted molar refractivity (Wildman–Crippen MR) is 88.9 cm³/mol. The Kier molecular flexibility index (Phi) is 6.62. The van der Waals surface area contributed by atoms with E-state index in [4.69, 9.17) is 5.11 Å². The average Bonchev–Trinajstić information content (AvgIpc) is 2.97. The zero-order valence-electron chi connectivity index (χ0n) is 13.4. The number of hydrogen-bond acceptors (Lipinski definition) is 3. The summed E-state index contributed by atoms with van der Waals surface area (Å²) in [4.78, 5) is 12.1. The van der Waals surface area contributed by atoms with Crippen LogP contribution in [-0.4, -0.2) is 34.1 Å². The molecule has 1 aromatic heterocycles. The van der Waals surface area contributed by atoms with E-state index in [0.29, 0.717) is 19.4 Å². The molecular formula is C17H24N4O2. The number of carbonyl (C=O) groups is 1. The smallest absolute Gasteiger partial charge is 0.315 e. The normalized spacial score (nSPS) is 11.9. The van der Waals surface area contributed by atoms with Crippen LogP contribution in [0.3, 0.4) is 0 Å². The molecule has 0 aliphatic rings. The zero-order valence-corrected chi connectivity index (χ0v) is 13.4. The van der Waals surface area contributed by atoms with Crippen molar-refractivity contribution < 1.29 is 9.90 Å². The number of rotatable bonds is 8. The van der Waals surface area contributed by atoms with E-state index in [0.717, 1.165) is 17.5 Å². The lowest BCUT2D eigenvalue weighted by molar-refractivity contribution is 0.233. The van der Waals surface area contributed by atoms with Gasteiger partial charge in [0.15, 0.2) is 0 Å². The van der Waals surface area contributed by atoms with E-state index in [1.807, 2.05) is 43.6 Å². The maximum Gasteiger partial charge on any atom is 0.315 e. The molecule has 1 heterocycles. The molecule has 23 heavy (non-hydrogen) atoms. The molecule has 1 aromatic carbocycles. The number of nitrogens with one attached hydrogen (secondary N) is 2. The van der Waals surface area contributed by atoms with Crippen LogP contribution in [0.1, 0.15) is 30.0 Å². The molecule has 1 atom stereocenters. The molecule has 0 saturated carbocycles. The van der Waals surface area contributed by atoms with Gasteiger partial charge in [-0.3, -0.25) is 4.68 Å². The van der Waals surface area contributed by atoms with E-state index in [-0.39, 0.29) is 18.7 Å². The second-order valence-electron chi connectivity index (χ2n) is 5.50. The van der Waals surface area contributed by atoms with Gasteiger partial charge in [0.1, 0.15) is 0 Å². The minimum Gasteiger partial charge on any atom is -0.396 e. The quantitative estimate of drug-likeness (QED) is 0.694. The first-order valence-electron chi connectivity index (χ1n) is 7.86. The summed E-state index contributed by atoms with van der Waals surface area (Å²) < 4.78 is 1.75. The summed E-state index contributed by atoms with van der Waals surface area (Å²) in [5.41, 5.74) is 2.14. The minimum atomic E-state index is -0.194. The standard InChI is InChI=1S/C17H24N4O2/c1-21-13-14(12-19-21)9-10-18-17(23)20-16(8-5-11-22)15-6-3-2-4-7-15/h2-4,6-7,12-13,16,22H,5,8-11H2,1H3,(H2,18,20,23). The Balaban J connectivity index is 1.82. The van der Waals surface area contributed by atoms with Crippen LogP contribution in [-0.2, 0) is 13.5 Å². The number of benzene rings is 1. The predicted octanol–water partition coefficient (Wildman–Crippen LogP) is 1.78. The van der Waals surface area contributed by atoms with Crippen LogP contribution in [0, 0.1) is 0 Å². The van der Waals surface area contributed by atoms with E-state index >= 15 is 0 Å². The zero-order chi connectivity index (χ0) is 16.5. The van der Waals surface area contributed by atoms with Gasteiger partial charge in [-0.25, -0.2) is 4.79 Å². The SMILES string of the molecule is Cn1cc(CCNC(=O)NC(CCCO)c2ccccc2)cn1. The molecule has 0 fully saturated rings. The molecule has 0 aliphatic heterocycles. The summed E-state index contributed by atoms with van der Waals surface area (Å²) in [7, 11) is 1.87. The number of urea groups is 1. The molecule has 6 nitrogen and oxygen atoms in total. The Morgan fingerprint density at radius 2 is 2.13 bits per heavy atom. The molecule has 0 aliphatic carbocycles. The molecule has 0 bridgehead atoms. The van der Waals surface area contributed by atoms with E-state index < -0.39 is 0 Å². The Morgan fingerprint density at radius 1 is 1.35 bits per heavy atom. The van der Waals surface area contributed by atoms with Crippen molar-refractivity contribution in [1.82, 2.24) is 20.4 Å². The van der Waals surface area contributed by atoms with Gasteiger partial charge in [0.25, 0.3) is 0 Å². The van der Waals surface area contributed by atoms with Crippen LogP contribution in [0.25, 0.3) is 0 Å².